The lowest BCUT2D eigenvalue weighted by molar-refractivity contribution is 0.0690. The molecule has 0 spiro atoms. The van der Waals surface area contributed by atoms with Crippen molar-refractivity contribution in [2.24, 2.45) is 0 Å². The lowest BCUT2D eigenvalue weighted by Gasteiger charge is -2.11. The molecule has 3 aromatic rings. The first-order valence-electron chi connectivity index (χ1n) is 7.44. The molecule has 0 saturated heterocycles. The summed E-state index contributed by atoms with van der Waals surface area (Å²) >= 11 is 0. The molecular weight excluding hydrogens is 288 g/mol. The Balaban J connectivity index is 2.25. The second kappa shape index (κ2) is 5.72. The van der Waals surface area contributed by atoms with E-state index in [4.69, 9.17) is 0 Å². The summed E-state index contributed by atoms with van der Waals surface area (Å²) in [6.45, 7) is 6.05. The molecule has 2 aromatic carbocycles. The topological polar surface area (TPSA) is 55.1 Å². The van der Waals surface area contributed by atoms with Crippen LogP contribution in [-0.2, 0) is 0 Å². The first kappa shape index (κ1) is 15.0. The molecule has 0 fully saturated rings. The third-order valence-corrected chi connectivity index (χ3v) is 3.88. The number of rotatable bonds is 3. The maximum atomic E-state index is 11.4. The Morgan fingerprint density at radius 2 is 1.61 bits per heavy atom. The third-order valence-electron chi connectivity index (χ3n) is 3.88. The fourth-order valence-electron chi connectivity index (χ4n) is 2.57. The molecule has 1 aromatic heterocycles. The number of aromatic nitrogens is 2. The molecule has 0 saturated carbocycles. The molecule has 0 unspecified atom stereocenters. The molecule has 0 radical (unpaired) electrons. The van der Waals surface area contributed by atoms with Crippen molar-refractivity contribution in [2.75, 3.05) is 0 Å². The van der Waals surface area contributed by atoms with Crippen LogP contribution in [0.1, 0.15) is 27.2 Å². The summed E-state index contributed by atoms with van der Waals surface area (Å²) < 4.78 is 1.70. The Bertz CT molecular complexity index is 877. The smallest absolute Gasteiger partial charge is 0.356 e. The molecule has 0 aliphatic rings. The highest BCUT2D eigenvalue weighted by Crippen LogP contribution is 2.28. The summed E-state index contributed by atoms with van der Waals surface area (Å²) in [5.41, 5.74) is 6.02. The molecule has 0 aliphatic heterocycles. The first-order valence-corrected chi connectivity index (χ1v) is 7.44. The zero-order valence-corrected chi connectivity index (χ0v) is 13.4. The van der Waals surface area contributed by atoms with Gasteiger partial charge in [-0.25, -0.2) is 9.48 Å². The van der Waals surface area contributed by atoms with Crippen molar-refractivity contribution in [1.29, 1.82) is 0 Å². The highest BCUT2D eigenvalue weighted by atomic mass is 16.4. The van der Waals surface area contributed by atoms with E-state index in [9.17, 15) is 9.90 Å². The number of hydrogen-bond acceptors (Lipinski definition) is 2. The predicted molar refractivity (Wildman–Crippen MR) is 90.2 cm³/mol. The summed E-state index contributed by atoms with van der Waals surface area (Å²) in [7, 11) is 0. The quantitative estimate of drug-likeness (QED) is 0.790. The van der Waals surface area contributed by atoms with Gasteiger partial charge in [-0.05, 0) is 50.6 Å². The highest BCUT2D eigenvalue weighted by molar-refractivity contribution is 5.87. The van der Waals surface area contributed by atoms with Crippen LogP contribution >= 0.6 is 0 Å². The minimum absolute atomic E-state index is 0.0430. The van der Waals surface area contributed by atoms with Crippen LogP contribution in [0.25, 0.3) is 16.9 Å². The largest absolute Gasteiger partial charge is 0.476 e. The van der Waals surface area contributed by atoms with Crippen LogP contribution in [0.3, 0.4) is 0 Å². The van der Waals surface area contributed by atoms with Crippen molar-refractivity contribution in [3.63, 3.8) is 0 Å². The fraction of sp³-hybridized carbons (Fsp3) is 0.158. The van der Waals surface area contributed by atoms with Gasteiger partial charge in [0.15, 0.2) is 5.69 Å². The molecule has 23 heavy (non-hydrogen) atoms. The van der Waals surface area contributed by atoms with Gasteiger partial charge in [0.05, 0.1) is 11.4 Å². The molecule has 1 heterocycles. The lowest BCUT2D eigenvalue weighted by atomic mass is 10.0. The SMILES string of the molecule is Cc1ccc(-n2nc(C(=O)O)cc2-c2cc(C)ccc2C)cc1. The van der Waals surface area contributed by atoms with Crippen LogP contribution in [-0.4, -0.2) is 20.9 Å². The number of carbonyl (C=O) groups is 1. The monoisotopic (exact) mass is 306 g/mol. The van der Waals surface area contributed by atoms with E-state index in [1.54, 1.807) is 10.7 Å². The Morgan fingerprint density at radius 3 is 2.26 bits per heavy atom. The fourth-order valence-corrected chi connectivity index (χ4v) is 2.57. The average Bonchev–Trinajstić information content (AvgIpc) is 2.96. The van der Waals surface area contributed by atoms with Gasteiger partial charge >= 0.3 is 5.97 Å². The molecule has 1 N–H and O–H groups in total. The van der Waals surface area contributed by atoms with Crippen molar-refractivity contribution >= 4 is 5.97 Å². The van der Waals surface area contributed by atoms with Gasteiger partial charge in [0.2, 0.25) is 0 Å². The number of nitrogens with zero attached hydrogens (tertiary/aromatic N) is 2. The van der Waals surface area contributed by atoms with Crippen LogP contribution in [0.2, 0.25) is 0 Å². The van der Waals surface area contributed by atoms with Gasteiger partial charge in [-0.1, -0.05) is 35.4 Å². The van der Waals surface area contributed by atoms with Crippen LogP contribution in [0.15, 0.2) is 48.5 Å². The number of aryl methyl sites for hydroxylation is 3. The van der Waals surface area contributed by atoms with Gasteiger partial charge in [-0.3, -0.25) is 0 Å². The van der Waals surface area contributed by atoms with Crippen LogP contribution < -0.4 is 0 Å². The van der Waals surface area contributed by atoms with Crippen LogP contribution in [0.4, 0.5) is 0 Å². The summed E-state index contributed by atoms with van der Waals surface area (Å²) in [5, 5.41) is 13.6. The van der Waals surface area contributed by atoms with Gasteiger partial charge in [0.1, 0.15) is 0 Å². The molecule has 0 atom stereocenters. The van der Waals surface area contributed by atoms with Crippen molar-refractivity contribution in [3.8, 4) is 16.9 Å². The lowest BCUT2D eigenvalue weighted by Crippen LogP contribution is -2.02. The van der Waals surface area contributed by atoms with E-state index in [1.165, 1.54) is 0 Å². The van der Waals surface area contributed by atoms with Crippen LogP contribution in [0.5, 0.6) is 0 Å². The molecule has 0 bridgehead atoms. The normalized spacial score (nSPS) is 10.7. The summed E-state index contributed by atoms with van der Waals surface area (Å²) in [6, 6.07) is 15.6. The second-order valence-electron chi connectivity index (χ2n) is 5.79. The maximum absolute atomic E-state index is 11.4. The van der Waals surface area contributed by atoms with E-state index in [-0.39, 0.29) is 5.69 Å². The van der Waals surface area contributed by atoms with Gasteiger partial charge in [-0.2, -0.15) is 5.10 Å². The van der Waals surface area contributed by atoms with Crippen molar-refractivity contribution in [3.05, 3.63) is 70.9 Å². The summed E-state index contributed by atoms with van der Waals surface area (Å²) in [6.07, 6.45) is 0. The molecule has 4 nitrogen and oxygen atoms in total. The average molecular weight is 306 g/mol. The zero-order chi connectivity index (χ0) is 16.6. The maximum Gasteiger partial charge on any atom is 0.356 e. The summed E-state index contributed by atoms with van der Waals surface area (Å²) in [4.78, 5) is 11.4. The van der Waals surface area contributed by atoms with Gasteiger partial charge < -0.3 is 5.11 Å². The standard InChI is InChI=1S/C19H18N2O2/c1-12-5-8-15(9-6-12)21-18(11-17(20-21)19(22)23)16-10-13(2)4-7-14(16)3/h4-11H,1-3H3,(H,22,23). The van der Waals surface area contributed by atoms with E-state index in [1.807, 2.05) is 57.2 Å². The van der Waals surface area contributed by atoms with Crippen molar-refractivity contribution < 1.29 is 9.90 Å². The molecular formula is C19H18N2O2. The number of hydrogen-bond donors (Lipinski definition) is 1. The minimum atomic E-state index is -1.03. The molecule has 0 aliphatic carbocycles. The summed E-state index contributed by atoms with van der Waals surface area (Å²) in [5.74, 6) is -1.03. The Morgan fingerprint density at radius 1 is 0.957 bits per heavy atom. The third kappa shape index (κ3) is 2.88. The Labute approximate surface area is 135 Å². The Kier molecular flexibility index (Phi) is 3.74. The minimum Gasteiger partial charge on any atom is -0.476 e. The zero-order valence-electron chi connectivity index (χ0n) is 13.4. The van der Waals surface area contributed by atoms with Crippen LogP contribution in [0, 0.1) is 20.8 Å². The number of carboxylic acids is 1. The number of benzene rings is 2. The second-order valence-corrected chi connectivity index (χ2v) is 5.79. The van der Waals surface area contributed by atoms with Gasteiger partial charge in [0, 0.05) is 5.56 Å². The van der Waals surface area contributed by atoms with Crippen molar-refractivity contribution in [2.45, 2.75) is 20.8 Å². The van der Waals surface area contributed by atoms with E-state index < -0.39 is 5.97 Å². The van der Waals surface area contributed by atoms with E-state index in [0.29, 0.717) is 0 Å². The van der Waals surface area contributed by atoms with E-state index in [2.05, 4.69) is 11.2 Å². The van der Waals surface area contributed by atoms with Crippen molar-refractivity contribution in [1.82, 2.24) is 9.78 Å². The molecule has 4 heteroatoms. The number of carboxylic acid groups (broad SMARTS) is 1. The highest BCUT2D eigenvalue weighted by Gasteiger charge is 2.17. The van der Waals surface area contributed by atoms with Gasteiger partial charge in [0.25, 0.3) is 0 Å². The Hall–Kier alpha value is -2.88. The van der Waals surface area contributed by atoms with E-state index >= 15 is 0 Å². The van der Waals surface area contributed by atoms with E-state index in [0.717, 1.165) is 33.6 Å². The molecule has 116 valence electrons. The molecule has 3 rings (SSSR count). The molecule has 0 amide bonds. The van der Waals surface area contributed by atoms with Gasteiger partial charge in [-0.15, -0.1) is 0 Å². The number of aromatic carboxylic acids is 1. The first-order chi connectivity index (χ1) is 11.0. The predicted octanol–water partition coefficient (Wildman–Crippen LogP) is 4.16.